The number of nitriles is 1. The fourth-order valence-electron chi connectivity index (χ4n) is 8.59. The van der Waals surface area contributed by atoms with Gasteiger partial charge < -0.3 is 0 Å². The highest BCUT2D eigenvalue weighted by Gasteiger charge is 2.74. The summed E-state index contributed by atoms with van der Waals surface area (Å²) in [5.41, 5.74) is 2.11. The number of hydrogen-bond donors (Lipinski definition) is 0. The lowest BCUT2D eigenvalue weighted by Gasteiger charge is -2.58. The van der Waals surface area contributed by atoms with Gasteiger partial charge in [0.25, 0.3) is 0 Å². The topological polar surface area (TPSA) is 40.9 Å². The lowest BCUT2D eigenvalue weighted by Crippen LogP contribution is -2.52. The zero-order chi connectivity index (χ0) is 16.4. The first-order chi connectivity index (χ1) is 11.5. The second-order valence-electron chi connectivity index (χ2n) is 10.4. The van der Waals surface area contributed by atoms with E-state index in [-0.39, 0.29) is 5.41 Å². The average Bonchev–Trinajstić information content (AvgIpc) is 3.44. The Morgan fingerprint density at radius 1 is 1.17 bits per heavy atom. The number of allylic oxidation sites excluding steroid dienone is 1. The Morgan fingerprint density at radius 3 is 2.79 bits per heavy atom. The van der Waals surface area contributed by atoms with Crippen LogP contribution in [0.15, 0.2) is 11.6 Å². The molecule has 2 heteroatoms. The van der Waals surface area contributed by atoms with Crippen LogP contribution in [0.1, 0.15) is 52.4 Å². The lowest BCUT2D eigenvalue weighted by atomic mass is 9.46. The minimum atomic E-state index is 0.284. The minimum absolute atomic E-state index is 0.284. The van der Waals surface area contributed by atoms with E-state index < -0.39 is 0 Å². The number of hydrogen-bond acceptors (Lipinski definition) is 2. The Labute approximate surface area is 144 Å². The number of nitrogens with zero attached hydrogens (tertiary/aromatic N) is 1. The molecular formula is C22H27NO. The van der Waals surface area contributed by atoms with Gasteiger partial charge in [-0.25, -0.2) is 0 Å². The van der Waals surface area contributed by atoms with Crippen molar-refractivity contribution in [3.8, 4) is 6.07 Å². The van der Waals surface area contributed by atoms with E-state index in [1.807, 2.05) is 0 Å². The van der Waals surface area contributed by atoms with Gasteiger partial charge in [0.2, 0.25) is 0 Å². The molecule has 0 bridgehead atoms. The van der Waals surface area contributed by atoms with Gasteiger partial charge in [-0.05, 0) is 90.4 Å². The first-order valence-electron chi connectivity index (χ1n) is 10.1. The van der Waals surface area contributed by atoms with E-state index in [2.05, 4.69) is 26.0 Å². The molecule has 6 aliphatic carbocycles. The number of rotatable bonds is 0. The number of carbonyl (C=O) groups excluding carboxylic acids is 1. The first kappa shape index (κ1) is 14.1. The predicted octanol–water partition coefficient (Wildman–Crippen LogP) is 4.37. The fraction of sp³-hybridized carbons (Fsp3) is 0.818. The van der Waals surface area contributed by atoms with E-state index in [1.165, 1.54) is 31.3 Å². The smallest absolute Gasteiger partial charge is 0.155 e. The summed E-state index contributed by atoms with van der Waals surface area (Å²) in [6.45, 7) is 4.95. The van der Waals surface area contributed by atoms with Gasteiger partial charge in [0.1, 0.15) is 0 Å². The molecule has 0 heterocycles. The highest BCUT2D eigenvalue weighted by atomic mass is 16.1. The summed E-state index contributed by atoms with van der Waals surface area (Å²) >= 11 is 0. The van der Waals surface area contributed by atoms with E-state index in [9.17, 15) is 10.1 Å². The highest BCUT2D eigenvalue weighted by Crippen LogP contribution is 2.79. The molecule has 10 atom stereocenters. The molecule has 0 spiro atoms. The van der Waals surface area contributed by atoms with Crippen molar-refractivity contribution in [1.82, 2.24) is 0 Å². The molecule has 0 N–H and O–H groups in total. The summed E-state index contributed by atoms with van der Waals surface area (Å²) < 4.78 is 0. The van der Waals surface area contributed by atoms with E-state index in [0.717, 1.165) is 48.3 Å². The molecule has 0 aromatic rings. The summed E-state index contributed by atoms with van der Waals surface area (Å²) in [6.07, 6.45) is 9.11. The molecule has 5 saturated carbocycles. The maximum atomic E-state index is 12.0. The van der Waals surface area contributed by atoms with Crippen LogP contribution in [0.3, 0.4) is 0 Å². The Morgan fingerprint density at radius 2 is 2.00 bits per heavy atom. The van der Waals surface area contributed by atoms with E-state index in [1.54, 1.807) is 0 Å². The quantitative estimate of drug-likeness (QED) is 0.665. The highest BCUT2D eigenvalue weighted by molar-refractivity contribution is 5.92. The Hall–Kier alpha value is -1.10. The van der Waals surface area contributed by atoms with Crippen molar-refractivity contribution in [2.24, 2.45) is 58.2 Å². The van der Waals surface area contributed by atoms with E-state index in [4.69, 9.17) is 0 Å². The monoisotopic (exact) mass is 321 g/mol. The summed E-state index contributed by atoms with van der Waals surface area (Å²) in [4.78, 5) is 12.0. The SMILES string of the molecule is CC12CCC(=O)C=C1[C@H]1C[C@H]1C1C2CCC2(C)C(C#N)C3CC3C12. The van der Waals surface area contributed by atoms with Crippen LogP contribution in [-0.4, -0.2) is 5.78 Å². The largest absolute Gasteiger partial charge is 0.295 e. The number of fused-ring (bicyclic) bond motifs is 10. The Bertz CT molecular complexity index is 731. The van der Waals surface area contributed by atoms with Crippen LogP contribution >= 0.6 is 0 Å². The molecule has 0 aromatic carbocycles. The first-order valence-corrected chi connectivity index (χ1v) is 10.1. The molecule has 2 nitrogen and oxygen atoms in total. The average molecular weight is 321 g/mol. The number of ketones is 1. The predicted molar refractivity (Wildman–Crippen MR) is 90.5 cm³/mol. The van der Waals surface area contributed by atoms with E-state index in [0.29, 0.717) is 23.0 Å². The van der Waals surface area contributed by atoms with Crippen molar-refractivity contribution in [2.45, 2.75) is 52.4 Å². The van der Waals surface area contributed by atoms with Gasteiger partial charge in [0, 0.05) is 6.42 Å². The maximum absolute atomic E-state index is 12.0. The van der Waals surface area contributed by atoms with Crippen LogP contribution in [0.5, 0.6) is 0 Å². The molecule has 0 aromatic heterocycles. The zero-order valence-corrected chi connectivity index (χ0v) is 14.8. The van der Waals surface area contributed by atoms with Gasteiger partial charge in [-0.1, -0.05) is 19.4 Å². The van der Waals surface area contributed by atoms with Crippen molar-refractivity contribution in [2.75, 3.05) is 0 Å². The van der Waals surface area contributed by atoms with Crippen molar-refractivity contribution in [3.63, 3.8) is 0 Å². The van der Waals surface area contributed by atoms with Gasteiger partial charge in [-0.3, -0.25) is 4.79 Å². The van der Waals surface area contributed by atoms with Crippen molar-refractivity contribution >= 4 is 5.78 Å². The van der Waals surface area contributed by atoms with Crippen LogP contribution in [0, 0.1) is 69.5 Å². The van der Waals surface area contributed by atoms with Crippen LogP contribution < -0.4 is 0 Å². The molecule has 6 aliphatic rings. The van der Waals surface area contributed by atoms with Crippen molar-refractivity contribution in [3.05, 3.63) is 11.6 Å². The van der Waals surface area contributed by atoms with Gasteiger partial charge in [-0.15, -0.1) is 0 Å². The zero-order valence-electron chi connectivity index (χ0n) is 14.8. The third-order valence-electron chi connectivity index (χ3n) is 9.68. The molecular weight excluding hydrogens is 294 g/mol. The van der Waals surface area contributed by atoms with Gasteiger partial charge in [0.05, 0.1) is 12.0 Å². The molecule has 0 radical (unpaired) electrons. The molecule has 5 fully saturated rings. The second-order valence-corrected chi connectivity index (χ2v) is 10.4. The maximum Gasteiger partial charge on any atom is 0.155 e. The standard InChI is InChI=1S/C22H27NO/c1-21-5-3-11(24)7-17(21)12-8-14(12)19-16(21)4-6-22(2)18(10-23)13-9-15(13)20(19)22/h7,12-16,18-20H,3-6,8-9H2,1-2H3/t12-,13?,14+,15?,16?,18?,19?,20?,21?,22?/m0/s1. The van der Waals surface area contributed by atoms with Crippen LogP contribution in [0.2, 0.25) is 0 Å². The third kappa shape index (κ3) is 1.40. The van der Waals surface area contributed by atoms with Gasteiger partial charge in [-0.2, -0.15) is 5.26 Å². The molecule has 24 heavy (non-hydrogen) atoms. The molecule has 126 valence electrons. The number of carbonyl (C=O) groups is 1. The summed E-state index contributed by atoms with van der Waals surface area (Å²) in [6, 6.07) is 2.73. The van der Waals surface area contributed by atoms with Crippen LogP contribution in [-0.2, 0) is 4.79 Å². The summed E-state index contributed by atoms with van der Waals surface area (Å²) in [5, 5.41) is 9.81. The van der Waals surface area contributed by atoms with Crippen molar-refractivity contribution < 1.29 is 4.79 Å². The van der Waals surface area contributed by atoms with Gasteiger partial charge >= 0.3 is 0 Å². The lowest BCUT2D eigenvalue weighted by molar-refractivity contribution is -0.118. The Balaban J connectivity index is 1.45. The van der Waals surface area contributed by atoms with E-state index >= 15 is 0 Å². The molecule has 6 rings (SSSR count). The molecule has 0 aliphatic heterocycles. The normalized spacial score (nSPS) is 62.2. The Kier molecular flexibility index (Phi) is 2.35. The molecule has 0 amide bonds. The minimum Gasteiger partial charge on any atom is -0.295 e. The molecule has 8 unspecified atom stereocenters. The third-order valence-corrected chi connectivity index (χ3v) is 9.68. The second kappa shape index (κ2) is 4.00. The summed E-state index contributed by atoms with van der Waals surface area (Å²) in [5.74, 6) is 6.24. The van der Waals surface area contributed by atoms with Gasteiger partial charge in [0.15, 0.2) is 5.78 Å². The summed E-state index contributed by atoms with van der Waals surface area (Å²) in [7, 11) is 0. The van der Waals surface area contributed by atoms with Crippen LogP contribution in [0.25, 0.3) is 0 Å². The fourth-order valence-corrected chi connectivity index (χ4v) is 8.59. The van der Waals surface area contributed by atoms with Crippen molar-refractivity contribution in [1.29, 1.82) is 5.26 Å². The van der Waals surface area contributed by atoms with Crippen LogP contribution in [0.4, 0.5) is 0 Å². The molecule has 0 saturated heterocycles.